The molecule has 1 aromatic heterocycles. The minimum Gasteiger partial charge on any atom is -0.497 e. The summed E-state index contributed by atoms with van der Waals surface area (Å²) in [7, 11) is 1.65. The smallest absolute Gasteiger partial charge is 0.274 e. The number of nitrogens with zero attached hydrogens (tertiary/aromatic N) is 2. The highest BCUT2D eigenvalue weighted by Gasteiger charge is 2.25. The maximum atomic E-state index is 12.8. The number of piperidine rings is 1. The SMILES string of the molecule is COc1ccc2sc(OC3CCN(C(=O)Cc4ccc5ccccc5c4)CC3)nc2c1. The summed E-state index contributed by atoms with van der Waals surface area (Å²) < 4.78 is 12.5. The van der Waals surface area contributed by atoms with E-state index in [1.165, 1.54) is 10.8 Å². The number of ether oxygens (including phenoxy) is 2. The van der Waals surface area contributed by atoms with Crippen molar-refractivity contribution < 1.29 is 14.3 Å². The van der Waals surface area contributed by atoms with Crippen LogP contribution in [-0.2, 0) is 11.2 Å². The van der Waals surface area contributed by atoms with Gasteiger partial charge in [0.1, 0.15) is 11.9 Å². The van der Waals surface area contributed by atoms with Crippen LogP contribution in [0.15, 0.2) is 60.7 Å². The molecule has 4 aromatic rings. The maximum Gasteiger partial charge on any atom is 0.274 e. The third-order valence-electron chi connectivity index (χ3n) is 5.81. The van der Waals surface area contributed by atoms with Crippen molar-refractivity contribution in [2.24, 2.45) is 0 Å². The van der Waals surface area contributed by atoms with Gasteiger partial charge in [-0.05, 0) is 28.5 Å². The number of amides is 1. The molecule has 1 saturated heterocycles. The third kappa shape index (κ3) is 4.35. The van der Waals surface area contributed by atoms with Crippen molar-refractivity contribution in [2.45, 2.75) is 25.4 Å². The molecule has 0 atom stereocenters. The Morgan fingerprint density at radius 1 is 1.06 bits per heavy atom. The Morgan fingerprint density at radius 2 is 1.87 bits per heavy atom. The largest absolute Gasteiger partial charge is 0.497 e. The van der Waals surface area contributed by atoms with Crippen molar-refractivity contribution in [1.82, 2.24) is 9.88 Å². The quantitative estimate of drug-likeness (QED) is 0.442. The highest BCUT2D eigenvalue weighted by molar-refractivity contribution is 7.20. The van der Waals surface area contributed by atoms with E-state index in [1.807, 2.05) is 35.2 Å². The number of aromatic nitrogens is 1. The van der Waals surface area contributed by atoms with E-state index in [4.69, 9.17) is 9.47 Å². The first-order valence-electron chi connectivity index (χ1n) is 10.5. The topological polar surface area (TPSA) is 51.7 Å². The molecule has 0 N–H and O–H groups in total. The molecule has 0 saturated carbocycles. The van der Waals surface area contributed by atoms with Gasteiger partial charge in [-0.2, -0.15) is 0 Å². The second-order valence-electron chi connectivity index (χ2n) is 7.87. The van der Waals surface area contributed by atoms with E-state index in [2.05, 4.69) is 35.3 Å². The summed E-state index contributed by atoms with van der Waals surface area (Å²) in [4.78, 5) is 19.4. The lowest BCUT2D eigenvalue weighted by Gasteiger charge is -2.31. The summed E-state index contributed by atoms with van der Waals surface area (Å²) in [6.07, 6.45) is 2.17. The summed E-state index contributed by atoms with van der Waals surface area (Å²) in [5.74, 6) is 0.975. The molecule has 0 unspecified atom stereocenters. The maximum absolute atomic E-state index is 12.8. The van der Waals surface area contributed by atoms with Gasteiger partial charge in [0.25, 0.3) is 5.19 Å². The number of likely N-dealkylation sites (tertiary alicyclic amines) is 1. The minimum atomic E-state index is 0.0900. The highest BCUT2D eigenvalue weighted by atomic mass is 32.1. The Hall–Kier alpha value is -3.12. The third-order valence-corrected chi connectivity index (χ3v) is 6.73. The molecule has 31 heavy (non-hydrogen) atoms. The van der Waals surface area contributed by atoms with Gasteiger partial charge in [-0.25, -0.2) is 4.98 Å². The summed E-state index contributed by atoms with van der Waals surface area (Å²) in [6.45, 7) is 1.44. The van der Waals surface area contributed by atoms with E-state index in [9.17, 15) is 4.79 Å². The molecular weight excluding hydrogens is 408 g/mol. The van der Waals surface area contributed by atoms with Crippen LogP contribution in [0.2, 0.25) is 0 Å². The van der Waals surface area contributed by atoms with Crippen LogP contribution in [0, 0.1) is 0 Å². The van der Waals surface area contributed by atoms with Crippen LogP contribution in [0.5, 0.6) is 10.9 Å². The van der Waals surface area contributed by atoms with Gasteiger partial charge in [-0.3, -0.25) is 4.79 Å². The molecular formula is C25H24N2O3S. The van der Waals surface area contributed by atoms with Crippen LogP contribution in [0.4, 0.5) is 0 Å². The van der Waals surface area contributed by atoms with Gasteiger partial charge in [0, 0.05) is 32.0 Å². The van der Waals surface area contributed by atoms with Crippen molar-refractivity contribution >= 4 is 38.2 Å². The van der Waals surface area contributed by atoms with Crippen LogP contribution < -0.4 is 9.47 Å². The van der Waals surface area contributed by atoms with Gasteiger partial charge in [0.2, 0.25) is 5.91 Å². The monoisotopic (exact) mass is 432 g/mol. The zero-order valence-corrected chi connectivity index (χ0v) is 18.2. The van der Waals surface area contributed by atoms with Gasteiger partial charge in [0.05, 0.1) is 23.7 Å². The van der Waals surface area contributed by atoms with E-state index in [0.29, 0.717) is 11.6 Å². The van der Waals surface area contributed by atoms with Crippen molar-refractivity contribution in [1.29, 1.82) is 0 Å². The van der Waals surface area contributed by atoms with Gasteiger partial charge in [-0.1, -0.05) is 53.8 Å². The van der Waals surface area contributed by atoms with Crippen LogP contribution >= 0.6 is 11.3 Å². The summed E-state index contributed by atoms with van der Waals surface area (Å²) >= 11 is 1.55. The van der Waals surface area contributed by atoms with E-state index in [0.717, 1.165) is 47.5 Å². The van der Waals surface area contributed by atoms with Crippen molar-refractivity contribution in [2.75, 3.05) is 20.2 Å². The van der Waals surface area contributed by atoms with Crippen molar-refractivity contribution in [3.8, 4) is 10.9 Å². The fourth-order valence-corrected chi connectivity index (χ4v) is 4.93. The number of carbonyl (C=O) groups excluding carboxylic acids is 1. The van der Waals surface area contributed by atoms with E-state index >= 15 is 0 Å². The Morgan fingerprint density at radius 3 is 2.68 bits per heavy atom. The second-order valence-corrected chi connectivity index (χ2v) is 8.86. The van der Waals surface area contributed by atoms with Crippen molar-refractivity contribution in [3.05, 3.63) is 66.2 Å². The van der Waals surface area contributed by atoms with Crippen LogP contribution in [-0.4, -0.2) is 42.1 Å². The second kappa shape index (κ2) is 8.55. The summed E-state index contributed by atoms with van der Waals surface area (Å²) in [5.41, 5.74) is 1.95. The van der Waals surface area contributed by atoms with Gasteiger partial charge in [-0.15, -0.1) is 0 Å². The first-order chi connectivity index (χ1) is 15.2. The van der Waals surface area contributed by atoms with Gasteiger partial charge < -0.3 is 14.4 Å². The average Bonchev–Trinajstić information content (AvgIpc) is 3.20. The molecule has 1 fully saturated rings. The highest BCUT2D eigenvalue weighted by Crippen LogP contribution is 2.32. The molecule has 1 aliphatic rings. The number of fused-ring (bicyclic) bond motifs is 2. The Labute approximate surface area is 185 Å². The fourth-order valence-electron chi connectivity index (χ4n) is 4.06. The number of hydrogen-bond acceptors (Lipinski definition) is 5. The predicted molar refractivity (Wildman–Crippen MR) is 124 cm³/mol. The van der Waals surface area contributed by atoms with Crippen LogP contribution in [0.1, 0.15) is 18.4 Å². The van der Waals surface area contributed by atoms with Crippen LogP contribution in [0.25, 0.3) is 21.0 Å². The molecule has 2 heterocycles. The number of carbonyl (C=O) groups is 1. The first-order valence-corrected chi connectivity index (χ1v) is 11.4. The summed E-state index contributed by atoms with van der Waals surface area (Å²) in [5, 5.41) is 3.06. The molecule has 6 heteroatoms. The lowest BCUT2D eigenvalue weighted by Crippen LogP contribution is -2.42. The molecule has 158 valence electrons. The molecule has 1 amide bonds. The normalized spacial score (nSPS) is 14.8. The minimum absolute atomic E-state index is 0.0900. The Kier molecular flexibility index (Phi) is 5.47. The van der Waals surface area contributed by atoms with Gasteiger partial charge >= 0.3 is 0 Å². The Balaban J connectivity index is 1.17. The van der Waals surface area contributed by atoms with Crippen molar-refractivity contribution in [3.63, 3.8) is 0 Å². The lowest BCUT2D eigenvalue weighted by atomic mass is 10.0. The van der Waals surface area contributed by atoms with Crippen LogP contribution in [0.3, 0.4) is 0 Å². The number of hydrogen-bond donors (Lipinski definition) is 0. The predicted octanol–water partition coefficient (Wildman–Crippen LogP) is 5.07. The van der Waals surface area contributed by atoms with Gasteiger partial charge in [0.15, 0.2) is 0 Å². The zero-order chi connectivity index (χ0) is 21.2. The molecule has 3 aromatic carbocycles. The van der Waals surface area contributed by atoms with E-state index in [-0.39, 0.29) is 12.0 Å². The molecule has 0 bridgehead atoms. The van der Waals surface area contributed by atoms with E-state index in [1.54, 1.807) is 18.4 Å². The molecule has 5 nitrogen and oxygen atoms in total. The number of thiazole rings is 1. The van der Waals surface area contributed by atoms with E-state index < -0.39 is 0 Å². The molecule has 0 radical (unpaired) electrons. The standard InChI is InChI=1S/C25H24N2O3S/c1-29-21-8-9-23-22(16-21)26-25(31-23)30-20-10-12-27(13-11-20)24(28)15-17-6-7-18-4-2-3-5-19(18)14-17/h2-9,14,16,20H,10-13,15H2,1H3. The first kappa shape index (κ1) is 19.8. The number of methoxy groups -OCH3 is 1. The zero-order valence-electron chi connectivity index (χ0n) is 17.4. The number of benzene rings is 3. The fraction of sp³-hybridized carbons (Fsp3) is 0.280. The molecule has 0 spiro atoms. The lowest BCUT2D eigenvalue weighted by molar-refractivity contribution is -0.132. The number of rotatable bonds is 5. The summed E-state index contributed by atoms with van der Waals surface area (Å²) in [6, 6.07) is 20.4. The Bertz CT molecular complexity index is 1230. The molecule has 1 aliphatic heterocycles. The average molecular weight is 433 g/mol. The molecule has 0 aliphatic carbocycles. The molecule has 5 rings (SSSR count).